The molecule has 4 rings (SSSR count). The lowest BCUT2D eigenvalue weighted by atomic mass is 10.1. The van der Waals surface area contributed by atoms with E-state index in [4.69, 9.17) is 11.6 Å². The zero-order valence-corrected chi connectivity index (χ0v) is 15.6. The topological polar surface area (TPSA) is 31.4 Å². The molecule has 0 atom stereocenters. The number of aromatic nitrogens is 1. The largest absolute Gasteiger partial charge is 0.383 e. The first-order chi connectivity index (χ1) is 12.8. The molecule has 5 heteroatoms. The van der Waals surface area contributed by atoms with E-state index < -0.39 is 0 Å². The number of pyridine rings is 1. The van der Waals surface area contributed by atoms with Gasteiger partial charge in [-0.3, -0.25) is 9.88 Å². The van der Waals surface area contributed by atoms with E-state index in [2.05, 4.69) is 45.8 Å². The summed E-state index contributed by atoms with van der Waals surface area (Å²) in [6.07, 6.45) is 10.5. The SMILES string of the molecule is Clc1ccc2c(NCCN3CCN(C[C]4[CH][CH][CH][CH]4)CC3)ccnc2c1. The standard InChI is InChI=1S/C21H24ClN4/c22-18-5-6-19-20(7-8-23-21(19)15-18)24-9-10-25-11-13-26(14-12-25)16-17-3-1-2-4-17/h1-8,15H,9-14,16H2,(H,23,24). The summed E-state index contributed by atoms with van der Waals surface area (Å²) in [6.45, 7) is 7.62. The number of anilines is 1. The maximum atomic E-state index is 6.06. The molecule has 1 aromatic carbocycles. The molecule has 0 spiro atoms. The van der Waals surface area contributed by atoms with Gasteiger partial charge in [0.1, 0.15) is 0 Å². The van der Waals surface area contributed by atoms with Crippen LogP contribution in [0.5, 0.6) is 0 Å². The summed E-state index contributed by atoms with van der Waals surface area (Å²) < 4.78 is 0. The van der Waals surface area contributed by atoms with Crippen LogP contribution < -0.4 is 5.32 Å². The van der Waals surface area contributed by atoms with Gasteiger partial charge in [-0.1, -0.05) is 11.6 Å². The van der Waals surface area contributed by atoms with E-state index >= 15 is 0 Å². The maximum absolute atomic E-state index is 6.06. The van der Waals surface area contributed by atoms with Crippen molar-refractivity contribution in [1.82, 2.24) is 14.8 Å². The molecule has 1 saturated carbocycles. The summed E-state index contributed by atoms with van der Waals surface area (Å²) in [5, 5.41) is 5.41. The van der Waals surface area contributed by atoms with Crippen LogP contribution in [0.25, 0.3) is 10.9 Å². The first kappa shape index (κ1) is 18.0. The summed E-state index contributed by atoms with van der Waals surface area (Å²) >= 11 is 6.06. The summed E-state index contributed by atoms with van der Waals surface area (Å²) in [5.41, 5.74) is 2.06. The Bertz CT molecular complexity index is 721. The second-order valence-corrected chi connectivity index (χ2v) is 7.29. The zero-order valence-electron chi connectivity index (χ0n) is 14.9. The van der Waals surface area contributed by atoms with Crippen molar-refractivity contribution in [2.24, 2.45) is 0 Å². The van der Waals surface area contributed by atoms with Crippen molar-refractivity contribution in [1.29, 1.82) is 0 Å². The molecule has 2 aliphatic rings. The van der Waals surface area contributed by atoms with Gasteiger partial charge in [0, 0.05) is 68.1 Å². The van der Waals surface area contributed by atoms with E-state index in [-0.39, 0.29) is 0 Å². The average molecular weight is 368 g/mol. The van der Waals surface area contributed by atoms with Gasteiger partial charge >= 0.3 is 0 Å². The number of hydrogen-bond acceptors (Lipinski definition) is 4. The van der Waals surface area contributed by atoms with Crippen LogP contribution >= 0.6 is 11.6 Å². The van der Waals surface area contributed by atoms with E-state index in [1.807, 2.05) is 30.5 Å². The third kappa shape index (κ3) is 4.48. The number of piperazine rings is 1. The minimum absolute atomic E-state index is 0.724. The van der Waals surface area contributed by atoms with Crippen molar-refractivity contribution in [3.05, 3.63) is 67.1 Å². The lowest BCUT2D eigenvalue weighted by molar-refractivity contribution is 0.141. The Morgan fingerprint density at radius 3 is 2.58 bits per heavy atom. The molecule has 0 amide bonds. The van der Waals surface area contributed by atoms with E-state index in [0.717, 1.165) is 67.4 Å². The van der Waals surface area contributed by atoms with Crippen LogP contribution in [0.15, 0.2) is 30.5 Å². The van der Waals surface area contributed by atoms with Gasteiger partial charge < -0.3 is 10.2 Å². The Morgan fingerprint density at radius 1 is 1.00 bits per heavy atom. The van der Waals surface area contributed by atoms with Crippen LogP contribution in [-0.4, -0.2) is 60.6 Å². The van der Waals surface area contributed by atoms with Gasteiger partial charge in [-0.2, -0.15) is 0 Å². The molecule has 135 valence electrons. The lowest BCUT2D eigenvalue weighted by Gasteiger charge is -2.35. The average Bonchev–Trinajstić information content (AvgIpc) is 3.16. The van der Waals surface area contributed by atoms with Crippen LogP contribution in [0.4, 0.5) is 5.69 Å². The Balaban J connectivity index is 1.23. The molecule has 0 bridgehead atoms. The summed E-state index contributed by atoms with van der Waals surface area (Å²) in [7, 11) is 0. The predicted octanol–water partition coefficient (Wildman–Crippen LogP) is 3.32. The van der Waals surface area contributed by atoms with E-state index in [9.17, 15) is 0 Å². The molecule has 1 N–H and O–H groups in total. The minimum Gasteiger partial charge on any atom is -0.383 e. The van der Waals surface area contributed by atoms with Crippen LogP contribution in [0, 0.1) is 31.6 Å². The van der Waals surface area contributed by atoms with Crippen LogP contribution in [-0.2, 0) is 0 Å². The third-order valence-electron chi connectivity index (χ3n) is 5.05. The minimum atomic E-state index is 0.724. The highest BCUT2D eigenvalue weighted by atomic mass is 35.5. The number of fused-ring (bicyclic) bond motifs is 1. The number of benzene rings is 1. The molecule has 1 saturated heterocycles. The van der Waals surface area contributed by atoms with Crippen molar-refractivity contribution in [3.63, 3.8) is 0 Å². The van der Waals surface area contributed by atoms with Crippen LogP contribution in [0.1, 0.15) is 0 Å². The van der Waals surface area contributed by atoms with E-state index in [0.29, 0.717) is 0 Å². The van der Waals surface area contributed by atoms with Crippen molar-refractivity contribution in [2.45, 2.75) is 0 Å². The highest BCUT2D eigenvalue weighted by Crippen LogP contribution is 2.25. The van der Waals surface area contributed by atoms with E-state index in [1.54, 1.807) is 0 Å². The Hall–Kier alpha value is -1.36. The molecule has 5 radical (unpaired) electrons. The lowest BCUT2D eigenvalue weighted by Crippen LogP contribution is -2.48. The zero-order chi connectivity index (χ0) is 17.8. The summed E-state index contributed by atoms with van der Waals surface area (Å²) in [6, 6.07) is 7.90. The number of nitrogens with zero attached hydrogens (tertiary/aromatic N) is 3. The number of nitrogens with one attached hydrogen (secondary N) is 1. The van der Waals surface area contributed by atoms with Crippen LogP contribution in [0.2, 0.25) is 5.02 Å². The van der Waals surface area contributed by atoms with Crippen molar-refractivity contribution < 1.29 is 0 Å². The summed E-state index contributed by atoms with van der Waals surface area (Å²) in [4.78, 5) is 9.48. The molecule has 2 aromatic rings. The smallest absolute Gasteiger partial charge is 0.0737 e. The fourth-order valence-corrected chi connectivity index (χ4v) is 3.74. The Labute approximate surface area is 161 Å². The van der Waals surface area contributed by atoms with Gasteiger partial charge in [0.05, 0.1) is 5.52 Å². The molecule has 0 unspecified atom stereocenters. The highest BCUT2D eigenvalue weighted by Gasteiger charge is 2.23. The number of hydrogen-bond donors (Lipinski definition) is 1. The quantitative estimate of drug-likeness (QED) is 0.848. The van der Waals surface area contributed by atoms with Crippen molar-refractivity contribution in [2.75, 3.05) is 51.1 Å². The second-order valence-electron chi connectivity index (χ2n) is 6.86. The fraction of sp³-hybridized carbons (Fsp3) is 0.333. The highest BCUT2D eigenvalue weighted by molar-refractivity contribution is 6.31. The van der Waals surface area contributed by atoms with Gasteiger partial charge in [0.15, 0.2) is 0 Å². The molecular formula is C21H24ClN4. The van der Waals surface area contributed by atoms with Gasteiger partial charge in [0.2, 0.25) is 0 Å². The van der Waals surface area contributed by atoms with Crippen molar-refractivity contribution >= 4 is 28.2 Å². The molecule has 2 fully saturated rings. The van der Waals surface area contributed by atoms with Gasteiger partial charge in [0.25, 0.3) is 0 Å². The molecule has 1 aliphatic heterocycles. The van der Waals surface area contributed by atoms with E-state index in [1.165, 1.54) is 5.92 Å². The van der Waals surface area contributed by atoms with Gasteiger partial charge in [-0.15, -0.1) is 0 Å². The fourth-order valence-electron chi connectivity index (χ4n) is 3.57. The molecule has 1 aliphatic carbocycles. The second kappa shape index (κ2) is 8.55. The normalized spacial score (nSPS) is 20.0. The summed E-state index contributed by atoms with van der Waals surface area (Å²) in [5.74, 6) is 1.42. The molecule has 26 heavy (non-hydrogen) atoms. The number of halogens is 1. The Morgan fingerprint density at radius 2 is 1.77 bits per heavy atom. The molecule has 2 heterocycles. The molecular weight excluding hydrogens is 344 g/mol. The van der Waals surface area contributed by atoms with Gasteiger partial charge in [-0.25, -0.2) is 0 Å². The molecule has 4 nitrogen and oxygen atoms in total. The molecule has 1 aromatic heterocycles. The first-order valence-electron chi connectivity index (χ1n) is 9.21. The van der Waals surface area contributed by atoms with Gasteiger partial charge in [-0.05, 0) is 55.9 Å². The first-order valence-corrected chi connectivity index (χ1v) is 9.59. The number of rotatable bonds is 6. The monoisotopic (exact) mass is 367 g/mol. The van der Waals surface area contributed by atoms with Crippen molar-refractivity contribution in [3.8, 4) is 0 Å². The third-order valence-corrected chi connectivity index (χ3v) is 5.29. The predicted molar refractivity (Wildman–Crippen MR) is 109 cm³/mol. The van der Waals surface area contributed by atoms with Crippen LogP contribution in [0.3, 0.4) is 0 Å². The Kier molecular flexibility index (Phi) is 5.93. The maximum Gasteiger partial charge on any atom is 0.0737 e.